The molecule has 1 saturated carbocycles. The number of nitrogen functional groups attached to an aromatic ring is 1. The highest BCUT2D eigenvalue weighted by Crippen LogP contribution is 2.31. The maximum atomic E-state index is 12.6. The Kier molecular flexibility index (Phi) is 5.23. The predicted octanol–water partition coefficient (Wildman–Crippen LogP) is 2.49. The molecule has 0 heterocycles. The molecule has 116 valence electrons. The van der Waals surface area contributed by atoms with E-state index in [9.17, 15) is 4.79 Å². The number of anilines is 1. The molecule has 2 rings (SSSR count). The second kappa shape index (κ2) is 6.94. The van der Waals surface area contributed by atoms with Gasteiger partial charge in [-0.3, -0.25) is 9.69 Å². The predicted molar refractivity (Wildman–Crippen MR) is 86.8 cm³/mol. The number of nitrogens with two attached hydrogens (primary N) is 1. The first-order valence-electron chi connectivity index (χ1n) is 7.96. The van der Waals surface area contributed by atoms with Gasteiger partial charge in [-0.25, -0.2) is 0 Å². The van der Waals surface area contributed by atoms with E-state index in [0.717, 1.165) is 30.9 Å². The van der Waals surface area contributed by atoms with Gasteiger partial charge in [0.15, 0.2) is 0 Å². The third-order valence-corrected chi connectivity index (χ3v) is 4.35. The fraction of sp³-hybridized carbons (Fsp3) is 0.588. The molecule has 0 saturated heterocycles. The Labute approximate surface area is 127 Å². The molecule has 0 aromatic heterocycles. The standard InChI is InChI=1S/C17H27N3O/c1-4-19(5-2)17(21)13(3)20(15-10-11-15)12-14-8-6-7-9-16(14)18/h6-9,13,15H,4-5,10-12,18H2,1-3H3. The van der Waals surface area contributed by atoms with Crippen LogP contribution in [0, 0.1) is 0 Å². The molecule has 21 heavy (non-hydrogen) atoms. The SMILES string of the molecule is CCN(CC)C(=O)C(C)N(Cc1ccccc1N)C1CC1. The number of likely N-dealkylation sites (N-methyl/N-ethyl adjacent to an activating group) is 1. The van der Waals surface area contributed by atoms with E-state index in [1.807, 2.05) is 43.9 Å². The topological polar surface area (TPSA) is 49.6 Å². The van der Waals surface area contributed by atoms with Crippen molar-refractivity contribution in [1.82, 2.24) is 9.80 Å². The summed E-state index contributed by atoms with van der Waals surface area (Å²) in [6, 6.07) is 8.38. The Morgan fingerprint density at radius 3 is 2.43 bits per heavy atom. The molecule has 1 aromatic carbocycles. The summed E-state index contributed by atoms with van der Waals surface area (Å²) in [7, 11) is 0. The minimum Gasteiger partial charge on any atom is -0.398 e. The second-order valence-electron chi connectivity index (χ2n) is 5.79. The van der Waals surface area contributed by atoms with Gasteiger partial charge in [0.2, 0.25) is 5.91 Å². The quantitative estimate of drug-likeness (QED) is 0.785. The highest BCUT2D eigenvalue weighted by Gasteiger charge is 2.36. The normalized spacial score (nSPS) is 16.0. The smallest absolute Gasteiger partial charge is 0.239 e. The largest absolute Gasteiger partial charge is 0.398 e. The molecule has 1 atom stereocenters. The van der Waals surface area contributed by atoms with Crippen molar-refractivity contribution in [1.29, 1.82) is 0 Å². The van der Waals surface area contributed by atoms with Crippen molar-refractivity contribution in [3.63, 3.8) is 0 Å². The van der Waals surface area contributed by atoms with E-state index in [1.165, 1.54) is 12.8 Å². The van der Waals surface area contributed by atoms with Gasteiger partial charge in [0.05, 0.1) is 6.04 Å². The molecule has 0 radical (unpaired) electrons. The lowest BCUT2D eigenvalue weighted by atomic mass is 10.1. The van der Waals surface area contributed by atoms with E-state index in [-0.39, 0.29) is 11.9 Å². The summed E-state index contributed by atoms with van der Waals surface area (Å²) in [6.07, 6.45) is 2.37. The molecular formula is C17H27N3O. The van der Waals surface area contributed by atoms with E-state index < -0.39 is 0 Å². The number of carbonyl (C=O) groups is 1. The molecule has 1 fully saturated rings. The van der Waals surface area contributed by atoms with Gasteiger partial charge >= 0.3 is 0 Å². The monoisotopic (exact) mass is 289 g/mol. The number of para-hydroxylation sites is 1. The summed E-state index contributed by atoms with van der Waals surface area (Å²) >= 11 is 0. The van der Waals surface area contributed by atoms with Crippen LogP contribution in [-0.2, 0) is 11.3 Å². The average Bonchev–Trinajstić information content (AvgIpc) is 3.31. The molecule has 1 amide bonds. The first kappa shape index (κ1) is 15.8. The van der Waals surface area contributed by atoms with E-state index in [2.05, 4.69) is 11.0 Å². The molecule has 1 aromatic rings. The Hall–Kier alpha value is -1.55. The zero-order valence-electron chi connectivity index (χ0n) is 13.4. The van der Waals surface area contributed by atoms with Crippen LogP contribution in [0.25, 0.3) is 0 Å². The Morgan fingerprint density at radius 2 is 1.90 bits per heavy atom. The summed E-state index contributed by atoms with van der Waals surface area (Å²) in [5.74, 6) is 0.224. The minimum atomic E-state index is -0.0861. The number of hydrogen-bond donors (Lipinski definition) is 1. The summed E-state index contributed by atoms with van der Waals surface area (Å²) in [5.41, 5.74) is 7.98. The number of nitrogens with zero attached hydrogens (tertiary/aromatic N) is 2. The first-order chi connectivity index (χ1) is 10.1. The van der Waals surface area contributed by atoms with Crippen LogP contribution < -0.4 is 5.73 Å². The zero-order chi connectivity index (χ0) is 15.4. The summed E-state index contributed by atoms with van der Waals surface area (Å²) in [6.45, 7) is 8.39. The molecular weight excluding hydrogens is 262 g/mol. The Morgan fingerprint density at radius 1 is 1.29 bits per heavy atom. The van der Waals surface area contributed by atoms with Gasteiger partial charge in [0.1, 0.15) is 0 Å². The lowest BCUT2D eigenvalue weighted by molar-refractivity contribution is -0.136. The van der Waals surface area contributed by atoms with Crippen molar-refractivity contribution < 1.29 is 4.79 Å². The Balaban J connectivity index is 2.12. The maximum absolute atomic E-state index is 12.6. The maximum Gasteiger partial charge on any atom is 0.239 e. The third-order valence-electron chi connectivity index (χ3n) is 4.35. The van der Waals surface area contributed by atoms with E-state index in [1.54, 1.807) is 0 Å². The molecule has 0 spiro atoms. The minimum absolute atomic E-state index is 0.0861. The van der Waals surface area contributed by atoms with Crippen molar-refractivity contribution in [2.24, 2.45) is 0 Å². The first-order valence-corrected chi connectivity index (χ1v) is 7.96. The number of hydrogen-bond acceptors (Lipinski definition) is 3. The van der Waals surface area contributed by atoms with Gasteiger partial charge in [-0.1, -0.05) is 18.2 Å². The molecule has 1 aliphatic carbocycles. The van der Waals surface area contributed by atoms with Crippen LogP contribution in [0.4, 0.5) is 5.69 Å². The number of carbonyl (C=O) groups excluding carboxylic acids is 1. The van der Waals surface area contributed by atoms with Crippen molar-refractivity contribution in [2.45, 2.75) is 52.2 Å². The van der Waals surface area contributed by atoms with E-state index in [4.69, 9.17) is 5.73 Å². The lowest BCUT2D eigenvalue weighted by Crippen LogP contribution is -2.47. The third kappa shape index (κ3) is 3.76. The highest BCUT2D eigenvalue weighted by molar-refractivity contribution is 5.81. The lowest BCUT2D eigenvalue weighted by Gasteiger charge is -2.32. The van der Waals surface area contributed by atoms with Gasteiger partial charge in [-0.05, 0) is 45.2 Å². The van der Waals surface area contributed by atoms with Crippen LogP contribution in [0.1, 0.15) is 39.2 Å². The van der Waals surface area contributed by atoms with Crippen LogP contribution in [0.5, 0.6) is 0 Å². The molecule has 2 N–H and O–H groups in total. The fourth-order valence-corrected chi connectivity index (χ4v) is 2.80. The van der Waals surface area contributed by atoms with Crippen LogP contribution in [0.15, 0.2) is 24.3 Å². The van der Waals surface area contributed by atoms with Crippen LogP contribution in [0.2, 0.25) is 0 Å². The molecule has 1 unspecified atom stereocenters. The summed E-state index contributed by atoms with van der Waals surface area (Å²) < 4.78 is 0. The zero-order valence-corrected chi connectivity index (χ0v) is 13.4. The number of rotatable bonds is 7. The molecule has 1 aliphatic rings. The van der Waals surface area contributed by atoms with Gasteiger partial charge in [-0.15, -0.1) is 0 Å². The van der Waals surface area contributed by atoms with Crippen molar-refractivity contribution in [3.05, 3.63) is 29.8 Å². The molecule has 0 bridgehead atoms. The van der Waals surface area contributed by atoms with Crippen molar-refractivity contribution in [2.75, 3.05) is 18.8 Å². The van der Waals surface area contributed by atoms with E-state index in [0.29, 0.717) is 6.04 Å². The highest BCUT2D eigenvalue weighted by atomic mass is 16.2. The summed E-state index contributed by atoms with van der Waals surface area (Å²) in [5, 5.41) is 0. The van der Waals surface area contributed by atoms with E-state index >= 15 is 0 Å². The van der Waals surface area contributed by atoms with Crippen LogP contribution in [0.3, 0.4) is 0 Å². The van der Waals surface area contributed by atoms with Crippen molar-refractivity contribution >= 4 is 11.6 Å². The van der Waals surface area contributed by atoms with Gasteiger partial charge < -0.3 is 10.6 Å². The number of benzene rings is 1. The van der Waals surface area contributed by atoms with Crippen LogP contribution in [-0.4, -0.2) is 40.9 Å². The van der Waals surface area contributed by atoms with Gasteiger partial charge in [0, 0.05) is 31.4 Å². The van der Waals surface area contributed by atoms with Crippen molar-refractivity contribution in [3.8, 4) is 0 Å². The Bertz CT molecular complexity index is 481. The second-order valence-corrected chi connectivity index (χ2v) is 5.79. The fourth-order valence-electron chi connectivity index (χ4n) is 2.80. The average molecular weight is 289 g/mol. The van der Waals surface area contributed by atoms with Crippen LogP contribution >= 0.6 is 0 Å². The molecule has 4 nitrogen and oxygen atoms in total. The molecule has 0 aliphatic heterocycles. The molecule has 4 heteroatoms. The number of amides is 1. The van der Waals surface area contributed by atoms with Gasteiger partial charge in [-0.2, -0.15) is 0 Å². The van der Waals surface area contributed by atoms with Gasteiger partial charge in [0.25, 0.3) is 0 Å². The summed E-state index contributed by atoms with van der Waals surface area (Å²) in [4.78, 5) is 16.8.